The fourth-order valence-electron chi connectivity index (χ4n) is 5.04. The van der Waals surface area contributed by atoms with Crippen LogP contribution < -0.4 is 24.8 Å². The molecular formula is C36H24Cl2FeN6. The quantitative estimate of drug-likeness (QED) is 0.183. The third-order valence-corrected chi connectivity index (χ3v) is 7.03. The number of nitrogens with zero attached hydrogens (tertiary/aromatic N) is 6. The zero-order valence-corrected chi connectivity index (χ0v) is 26.3. The van der Waals surface area contributed by atoms with E-state index in [1.165, 1.54) is 0 Å². The van der Waals surface area contributed by atoms with E-state index in [0.29, 0.717) is 0 Å². The molecule has 0 spiro atoms. The Hall–Kier alpha value is -4.78. The molecule has 0 unspecified atom stereocenters. The molecule has 9 rings (SSSR count). The van der Waals surface area contributed by atoms with Crippen molar-refractivity contribution in [2.45, 2.75) is 0 Å². The Labute approximate surface area is 282 Å². The predicted molar refractivity (Wildman–Crippen MR) is 171 cm³/mol. The van der Waals surface area contributed by atoms with Crippen LogP contribution in [0.25, 0.3) is 65.4 Å². The van der Waals surface area contributed by atoms with Gasteiger partial charge >= 0.3 is 17.1 Å². The number of hydrogen-bond donors (Lipinski definition) is 0. The van der Waals surface area contributed by atoms with Crippen molar-refractivity contribution in [2.24, 2.45) is 0 Å². The van der Waals surface area contributed by atoms with Gasteiger partial charge in [0, 0.05) is 69.5 Å². The van der Waals surface area contributed by atoms with Gasteiger partial charge in [0.2, 0.25) is 0 Å². The van der Waals surface area contributed by atoms with Crippen molar-refractivity contribution in [3.8, 4) is 0 Å². The van der Waals surface area contributed by atoms with E-state index >= 15 is 0 Å². The largest absolute Gasteiger partial charge is 2.00 e. The summed E-state index contributed by atoms with van der Waals surface area (Å²) in [5.74, 6) is 0. The van der Waals surface area contributed by atoms with Crippen LogP contribution >= 0.6 is 0 Å². The molecule has 9 heteroatoms. The van der Waals surface area contributed by atoms with Gasteiger partial charge in [-0.2, -0.15) is 0 Å². The number of hydrogen-bond acceptors (Lipinski definition) is 6. The molecule has 0 atom stereocenters. The fourth-order valence-corrected chi connectivity index (χ4v) is 5.04. The van der Waals surface area contributed by atoms with E-state index in [1.54, 1.807) is 37.2 Å². The van der Waals surface area contributed by atoms with Crippen LogP contribution in [0.1, 0.15) is 0 Å². The molecule has 6 nitrogen and oxygen atoms in total. The Morgan fingerprint density at radius 2 is 0.400 bits per heavy atom. The van der Waals surface area contributed by atoms with Gasteiger partial charge in [0.1, 0.15) is 0 Å². The van der Waals surface area contributed by atoms with Crippen LogP contribution in [-0.4, -0.2) is 29.9 Å². The molecule has 0 saturated carbocycles. The minimum Gasteiger partial charge on any atom is -1.00 e. The fraction of sp³-hybridized carbons (Fsp3) is 0. The van der Waals surface area contributed by atoms with Gasteiger partial charge in [-0.15, -0.1) is 0 Å². The summed E-state index contributed by atoms with van der Waals surface area (Å²) in [5, 5.41) is 6.83. The predicted octanol–water partition coefficient (Wildman–Crippen LogP) is 2.35. The first-order valence-electron chi connectivity index (χ1n) is 13.6. The SMILES string of the molecule is [Cl-].[Cl-].[Fe+2].c1cnc2c(c1)ccc1cccnc12.c1cnc2c(c1)ccc1cccnc12.c1cnc2c(c1)ccc1cccnc12. The summed E-state index contributed by atoms with van der Waals surface area (Å²) in [4.78, 5) is 26.1. The van der Waals surface area contributed by atoms with E-state index in [4.69, 9.17) is 0 Å². The minimum atomic E-state index is 0. The maximum atomic E-state index is 4.35. The normalized spacial score (nSPS) is 10.1. The number of fused-ring (bicyclic) bond motifs is 9. The van der Waals surface area contributed by atoms with E-state index in [9.17, 15) is 0 Å². The first-order chi connectivity index (χ1) is 20.8. The van der Waals surface area contributed by atoms with E-state index in [0.717, 1.165) is 65.4 Å². The van der Waals surface area contributed by atoms with Crippen molar-refractivity contribution >= 4 is 65.4 Å². The minimum absolute atomic E-state index is 0. The first-order valence-corrected chi connectivity index (χ1v) is 13.6. The second-order valence-electron chi connectivity index (χ2n) is 9.65. The monoisotopic (exact) mass is 666 g/mol. The van der Waals surface area contributed by atoms with Gasteiger partial charge in [-0.3, -0.25) is 29.9 Å². The summed E-state index contributed by atoms with van der Waals surface area (Å²) in [6.45, 7) is 0. The Kier molecular flexibility index (Phi) is 11.3. The number of benzene rings is 3. The van der Waals surface area contributed by atoms with Crippen LogP contribution in [0.4, 0.5) is 0 Å². The van der Waals surface area contributed by atoms with Crippen LogP contribution in [0.5, 0.6) is 0 Å². The summed E-state index contributed by atoms with van der Waals surface area (Å²) in [7, 11) is 0. The van der Waals surface area contributed by atoms with Crippen molar-refractivity contribution in [3.05, 3.63) is 146 Å². The molecule has 3 aromatic carbocycles. The third kappa shape index (κ3) is 6.98. The topological polar surface area (TPSA) is 77.3 Å². The number of aromatic nitrogens is 6. The smallest absolute Gasteiger partial charge is 1.00 e. The Morgan fingerprint density at radius 1 is 0.244 bits per heavy atom. The summed E-state index contributed by atoms with van der Waals surface area (Å²) in [5.41, 5.74) is 5.86. The average Bonchev–Trinajstić information content (AvgIpc) is 3.09. The van der Waals surface area contributed by atoms with Crippen molar-refractivity contribution in [3.63, 3.8) is 0 Å². The third-order valence-electron chi connectivity index (χ3n) is 7.03. The second kappa shape index (κ2) is 15.3. The molecule has 0 N–H and O–H groups in total. The van der Waals surface area contributed by atoms with Crippen LogP contribution in [-0.2, 0) is 17.1 Å². The number of halogens is 2. The Bertz CT molecular complexity index is 1920. The Morgan fingerprint density at radius 3 is 0.556 bits per heavy atom. The van der Waals surface area contributed by atoms with Crippen molar-refractivity contribution in [1.29, 1.82) is 0 Å². The molecule has 6 aromatic heterocycles. The van der Waals surface area contributed by atoms with Gasteiger partial charge in [-0.05, 0) is 36.4 Å². The van der Waals surface area contributed by atoms with Crippen LogP contribution in [0.15, 0.2) is 146 Å². The van der Waals surface area contributed by atoms with Crippen LogP contribution in [0.3, 0.4) is 0 Å². The molecule has 0 fully saturated rings. The van der Waals surface area contributed by atoms with Gasteiger partial charge in [-0.1, -0.05) is 72.8 Å². The second-order valence-corrected chi connectivity index (χ2v) is 9.65. The molecule has 9 aromatic rings. The molecule has 0 aliphatic rings. The maximum Gasteiger partial charge on any atom is 2.00 e. The van der Waals surface area contributed by atoms with Crippen LogP contribution in [0, 0.1) is 0 Å². The maximum absolute atomic E-state index is 4.35. The van der Waals surface area contributed by atoms with E-state index < -0.39 is 0 Å². The molecule has 0 radical (unpaired) electrons. The van der Waals surface area contributed by atoms with E-state index in [2.05, 4.69) is 103 Å². The molecule has 0 aliphatic carbocycles. The molecule has 0 saturated heterocycles. The zero-order valence-electron chi connectivity index (χ0n) is 23.6. The van der Waals surface area contributed by atoms with Gasteiger partial charge in [0.15, 0.2) is 0 Å². The average molecular weight is 667 g/mol. The van der Waals surface area contributed by atoms with E-state index in [1.807, 2.05) is 36.4 Å². The van der Waals surface area contributed by atoms with Gasteiger partial charge in [0.05, 0.1) is 33.1 Å². The van der Waals surface area contributed by atoms with E-state index in [-0.39, 0.29) is 41.9 Å². The zero-order chi connectivity index (χ0) is 28.1. The summed E-state index contributed by atoms with van der Waals surface area (Å²) >= 11 is 0. The molecule has 0 aliphatic heterocycles. The first kappa shape index (κ1) is 33.1. The van der Waals surface area contributed by atoms with Gasteiger partial charge < -0.3 is 24.8 Å². The Balaban J connectivity index is 0.000000149. The number of pyridine rings is 6. The summed E-state index contributed by atoms with van der Waals surface area (Å²) < 4.78 is 0. The summed E-state index contributed by atoms with van der Waals surface area (Å²) in [6.07, 6.45) is 10.8. The molecule has 45 heavy (non-hydrogen) atoms. The van der Waals surface area contributed by atoms with Gasteiger partial charge in [0.25, 0.3) is 0 Å². The van der Waals surface area contributed by atoms with Crippen molar-refractivity contribution in [2.75, 3.05) is 0 Å². The standard InChI is InChI=1S/3C12H8N2.2ClH.Fe/c3*1-3-9-5-6-10-4-2-8-14-12(10)11(9)13-7-1;;;/h3*1-8H;2*1H;/q;;;;;+2/p-2. The molecule has 220 valence electrons. The van der Waals surface area contributed by atoms with Crippen molar-refractivity contribution < 1.29 is 41.9 Å². The van der Waals surface area contributed by atoms with Gasteiger partial charge in [-0.25, -0.2) is 0 Å². The van der Waals surface area contributed by atoms with Crippen LogP contribution in [0.2, 0.25) is 0 Å². The van der Waals surface area contributed by atoms with Crippen molar-refractivity contribution in [1.82, 2.24) is 29.9 Å². The molecule has 0 bridgehead atoms. The molecule has 6 heterocycles. The summed E-state index contributed by atoms with van der Waals surface area (Å²) in [6, 6.07) is 36.4. The molecular weight excluding hydrogens is 643 g/mol. The number of rotatable bonds is 0. The molecule has 0 amide bonds.